The molecule has 6 aromatic carbocycles. The molecule has 7 heteroatoms. The summed E-state index contributed by atoms with van der Waals surface area (Å²) in [5.41, 5.74) is 12.3. The molecule has 238 valence electrons. The van der Waals surface area contributed by atoms with Gasteiger partial charge in [-0.3, -0.25) is 0 Å². The molecule has 50 heavy (non-hydrogen) atoms. The number of fused-ring (bicyclic) bond motifs is 7. The van der Waals surface area contributed by atoms with E-state index in [-0.39, 0.29) is 5.41 Å². The van der Waals surface area contributed by atoms with Crippen LogP contribution in [0.15, 0.2) is 138 Å². The molecular weight excluding hydrogens is 619 g/mol. The van der Waals surface area contributed by atoms with E-state index in [1.165, 1.54) is 28.6 Å². The van der Waals surface area contributed by atoms with Gasteiger partial charge in [-0.1, -0.05) is 92.7 Å². The van der Waals surface area contributed by atoms with Crippen molar-refractivity contribution in [3.05, 3.63) is 150 Å². The molecule has 3 heterocycles. The average molecular weight is 647 g/mol. The molecule has 1 aliphatic rings. The van der Waals surface area contributed by atoms with Crippen molar-refractivity contribution in [2.24, 2.45) is 0 Å². The first kappa shape index (κ1) is 28.4. The molecule has 10 rings (SSSR count). The molecule has 3 aromatic heterocycles. The first-order valence-corrected chi connectivity index (χ1v) is 16.6. The third-order valence-electron chi connectivity index (χ3n) is 10.1. The lowest BCUT2D eigenvalue weighted by atomic mass is 9.81. The van der Waals surface area contributed by atoms with Crippen LogP contribution in [-0.2, 0) is 5.41 Å². The van der Waals surface area contributed by atoms with E-state index in [1.807, 2.05) is 91.0 Å². The number of benzene rings is 6. The smallest absolute Gasteiger partial charge is 0.181 e. The minimum atomic E-state index is -0.215. The second-order valence-corrected chi connectivity index (χ2v) is 13.4. The highest BCUT2D eigenvalue weighted by molar-refractivity contribution is 6.10. The monoisotopic (exact) mass is 646 g/mol. The summed E-state index contributed by atoms with van der Waals surface area (Å²) >= 11 is 0. The molecule has 0 atom stereocenters. The lowest BCUT2D eigenvalue weighted by Crippen LogP contribution is -2.15. The van der Waals surface area contributed by atoms with Crippen molar-refractivity contribution in [1.82, 2.24) is 24.7 Å². The number of nitrogens with zero attached hydrogens (tertiary/aromatic N) is 5. The van der Waals surface area contributed by atoms with Crippen LogP contribution in [0.25, 0.3) is 89.3 Å². The summed E-state index contributed by atoms with van der Waals surface area (Å²) in [7, 11) is 0. The van der Waals surface area contributed by atoms with Crippen molar-refractivity contribution >= 4 is 32.9 Å². The van der Waals surface area contributed by atoms with Crippen molar-refractivity contribution in [3.8, 4) is 56.4 Å². The zero-order chi connectivity index (χ0) is 33.6. The third-order valence-corrected chi connectivity index (χ3v) is 10.1. The zero-order valence-electron chi connectivity index (χ0n) is 27.3. The van der Waals surface area contributed by atoms with Crippen LogP contribution in [-0.4, -0.2) is 24.7 Å². The molecule has 0 unspecified atom stereocenters. The number of oxazole rings is 1. The van der Waals surface area contributed by atoms with E-state index < -0.39 is 0 Å². The maximum absolute atomic E-state index is 13.6. The van der Waals surface area contributed by atoms with Gasteiger partial charge in [-0.15, -0.1) is 0 Å². The lowest BCUT2D eigenvalue weighted by molar-refractivity contribution is 0.598. The molecule has 1 aliphatic carbocycles. The highest BCUT2D eigenvalue weighted by Crippen LogP contribution is 2.51. The van der Waals surface area contributed by atoms with E-state index in [1.54, 1.807) is 0 Å². The molecule has 0 saturated heterocycles. The van der Waals surface area contributed by atoms with Crippen LogP contribution in [0.2, 0.25) is 0 Å². The van der Waals surface area contributed by atoms with Crippen molar-refractivity contribution in [2.45, 2.75) is 19.3 Å². The van der Waals surface area contributed by atoms with E-state index in [9.17, 15) is 5.21 Å². The summed E-state index contributed by atoms with van der Waals surface area (Å²) in [6.45, 7) is 4.51. The fourth-order valence-corrected chi connectivity index (χ4v) is 7.51. The van der Waals surface area contributed by atoms with E-state index in [0.717, 1.165) is 54.4 Å². The fraction of sp³-hybridized carbons (Fsp3) is 0.0698. The van der Waals surface area contributed by atoms with Gasteiger partial charge < -0.3 is 14.4 Å². The third kappa shape index (κ3) is 4.23. The predicted octanol–water partition coefficient (Wildman–Crippen LogP) is 10.4. The predicted molar refractivity (Wildman–Crippen MR) is 198 cm³/mol. The standard InChI is InChI=1S/C43H28N5O2/c1-43(2)34-21-28(13-16-30(34)31-22-36-39(23-35(31)43)50-24-44-36)27-14-17-37-32(19-27)33-20-29(15-18-38(33)48(37)49)42-46-40(25-9-5-3-6-10-25)45-41(47-42)26-11-7-4-8-12-26/h3-24H,1-2H3/q-1. The van der Waals surface area contributed by atoms with Crippen molar-refractivity contribution in [1.29, 1.82) is 0 Å². The molecular formula is C43H28N5O2-. The molecule has 0 amide bonds. The average Bonchev–Trinajstić information content (AvgIpc) is 3.81. The normalized spacial score (nSPS) is 13.2. The minimum Gasteiger partial charge on any atom is -0.805 e. The number of hydrogen-bond donors (Lipinski definition) is 0. The Balaban J connectivity index is 1.11. The lowest BCUT2D eigenvalue weighted by Gasteiger charge is -2.22. The van der Waals surface area contributed by atoms with Crippen molar-refractivity contribution in [2.75, 3.05) is 0 Å². The molecule has 0 bridgehead atoms. The van der Waals surface area contributed by atoms with Crippen LogP contribution >= 0.6 is 0 Å². The Morgan fingerprint density at radius 1 is 0.540 bits per heavy atom. The summed E-state index contributed by atoms with van der Waals surface area (Å²) < 4.78 is 6.66. The molecule has 0 fully saturated rings. The minimum absolute atomic E-state index is 0.215. The highest BCUT2D eigenvalue weighted by atomic mass is 16.5. The van der Waals surface area contributed by atoms with E-state index in [2.05, 4.69) is 55.2 Å². The molecule has 0 saturated carbocycles. The fourth-order valence-electron chi connectivity index (χ4n) is 7.51. The summed E-state index contributed by atoms with van der Waals surface area (Å²) in [6.07, 6.45) is 1.50. The summed E-state index contributed by atoms with van der Waals surface area (Å²) in [5.74, 6) is 1.73. The summed E-state index contributed by atoms with van der Waals surface area (Å²) in [4.78, 5) is 19.1. The van der Waals surface area contributed by atoms with Crippen molar-refractivity contribution < 1.29 is 4.42 Å². The Bertz CT molecular complexity index is 2740. The maximum Gasteiger partial charge on any atom is 0.181 e. The Labute approximate surface area is 287 Å². The molecule has 7 nitrogen and oxygen atoms in total. The van der Waals surface area contributed by atoms with Gasteiger partial charge in [0.25, 0.3) is 0 Å². The second-order valence-electron chi connectivity index (χ2n) is 13.4. The van der Waals surface area contributed by atoms with Gasteiger partial charge in [0.15, 0.2) is 29.4 Å². The largest absolute Gasteiger partial charge is 0.805 e. The second kappa shape index (κ2) is 10.4. The SMILES string of the molecule is CC1(C)c2cc(-c3ccc4c(c3)c3cc(-c5nc(-c6ccccc6)nc(-c6ccccc6)n5)ccc3n4[O-])ccc2-c2cc3ncoc3cc21. The van der Waals surface area contributed by atoms with E-state index in [4.69, 9.17) is 19.4 Å². The summed E-state index contributed by atoms with van der Waals surface area (Å²) in [6, 6.07) is 42.7. The van der Waals surface area contributed by atoms with Gasteiger partial charge in [0.1, 0.15) is 5.52 Å². The van der Waals surface area contributed by atoms with Gasteiger partial charge in [0, 0.05) is 43.9 Å². The molecule has 0 radical (unpaired) electrons. The van der Waals surface area contributed by atoms with E-state index in [0.29, 0.717) is 28.5 Å². The molecule has 9 aromatic rings. The number of rotatable bonds is 4. The van der Waals surface area contributed by atoms with Crippen LogP contribution in [0.1, 0.15) is 25.0 Å². The highest BCUT2D eigenvalue weighted by Gasteiger charge is 2.36. The van der Waals surface area contributed by atoms with Gasteiger partial charge in [0.2, 0.25) is 0 Å². The Morgan fingerprint density at radius 3 is 1.74 bits per heavy atom. The van der Waals surface area contributed by atoms with E-state index >= 15 is 0 Å². The van der Waals surface area contributed by atoms with Gasteiger partial charge in [-0.2, -0.15) is 0 Å². The number of hydrogen-bond acceptors (Lipinski definition) is 6. The van der Waals surface area contributed by atoms with Gasteiger partial charge in [-0.05, 0) is 81.9 Å². The topological polar surface area (TPSA) is 92.7 Å². The van der Waals surface area contributed by atoms with Gasteiger partial charge in [0.05, 0.1) is 0 Å². The maximum atomic E-state index is 13.6. The Kier molecular flexibility index (Phi) is 5.94. The quantitative estimate of drug-likeness (QED) is 0.189. The first-order chi connectivity index (χ1) is 24.4. The van der Waals surface area contributed by atoms with Crippen LogP contribution in [0, 0.1) is 5.21 Å². The van der Waals surface area contributed by atoms with Crippen LogP contribution in [0.3, 0.4) is 0 Å². The van der Waals surface area contributed by atoms with Crippen LogP contribution in [0.5, 0.6) is 0 Å². The first-order valence-electron chi connectivity index (χ1n) is 16.6. The van der Waals surface area contributed by atoms with Crippen LogP contribution < -0.4 is 0 Å². The van der Waals surface area contributed by atoms with Gasteiger partial charge in [-0.25, -0.2) is 19.9 Å². The van der Waals surface area contributed by atoms with Gasteiger partial charge >= 0.3 is 0 Å². The zero-order valence-corrected chi connectivity index (χ0v) is 27.3. The molecule has 0 aliphatic heterocycles. The number of aromatic nitrogens is 5. The Hall–Kier alpha value is -6.60. The molecule has 0 spiro atoms. The van der Waals surface area contributed by atoms with Crippen molar-refractivity contribution in [3.63, 3.8) is 0 Å². The van der Waals surface area contributed by atoms with Crippen LogP contribution in [0.4, 0.5) is 0 Å². The Morgan fingerprint density at radius 2 is 1.08 bits per heavy atom. The molecule has 0 N–H and O–H groups in total. The summed E-state index contributed by atoms with van der Waals surface area (Å²) in [5, 5.41) is 15.3.